The fourth-order valence-electron chi connectivity index (χ4n) is 3.37. The summed E-state index contributed by atoms with van der Waals surface area (Å²) >= 11 is 6.20. The first-order chi connectivity index (χ1) is 16.0. The van der Waals surface area contributed by atoms with Crippen molar-refractivity contribution in [1.82, 2.24) is 10.2 Å². The third kappa shape index (κ3) is 7.11. The van der Waals surface area contributed by atoms with E-state index < -0.39 is 28.5 Å². The summed E-state index contributed by atoms with van der Waals surface area (Å²) in [5.41, 5.74) is 1.63. The minimum absolute atomic E-state index is 0.121. The Balaban J connectivity index is 2.40. The Morgan fingerprint density at radius 2 is 1.79 bits per heavy atom. The van der Waals surface area contributed by atoms with E-state index in [0.29, 0.717) is 28.6 Å². The molecule has 34 heavy (non-hydrogen) atoms. The van der Waals surface area contributed by atoms with Crippen LogP contribution in [0.15, 0.2) is 42.5 Å². The van der Waals surface area contributed by atoms with Crippen LogP contribution < -0.4 is 14.4 Å². The summed E-state index contributed by atoms with van der Waals surface area (Å²) in [6.45, 7) is 5.38. The third-order valence-electron chi connectivity index (χ3n) is 5.42. The van der Waals surface area contributed by atoms with Gasteiger partial charge in [-0.1, -0.05) is 36.7 Å². The van der Waals surface area contributed by atoms with Gasteiger partial charge in [0, 0.05) is 18.1 Å². The van der Waals surface area contributed by atoms with Crippen molar-refractivity contribution in [3.63, 3.8) is 0 Å². The van der Waals surface area contributed by atoms with Crippen molar-refractivity contribution in [3.8, 4) is 5.75 Å². The zero-order valence-electron chi connectivity index (χ0n) is 20.2. The Morgan fingerprint density at radius 3 is 2.35 bits per heavy atom. The number of carbonyl (C=O) groups excluding carboxylic acids is 2. The fourth-order valence-corrected chi connectivity index (χ4v) is 4.44. The van der Waals surface area contributed by atoms with Crippen LogP contribution >= 0.6 is 11.6 Å². The normalized spacial score (nSPS) is 12.1. The van der Waals surface area contributed by atoms with Gasteiger partial charge in [-0.3, -0.25) is 13.9 Å². The number of halogens is 1. The molecule has 0 fully saturated rings. The molecule has 0 spiro atoms. The zero-order chi connectivity index (χ0) is 25.5. The lowest BCUT2D eigenvalue weighted by atomic mass is 10.1. The number of nitrogens with zero attached hydrogens (tertiary/aromatic N) is 2. The second-order valence-corrected chi connectivity index (χ2v) is 10.3. The first-order valence-corrected chi connectivity index (χ1v) is 13.1. The molecule has 0 unspecified atom stereocenters. The molecule has 2 rings (SSSR count). The number of methoxy groups -OCH3 is 1. The number of hydrogen-bond acceptors (Lipinski definition) is 5. The lowest BCUT2D eigenvalue weighted by Crippen LogP contribution is -2.51. The SMILES string of the molecule is CCCNC(=O)[C@H](C)N(Cc1ccc(OC)cc1)C(=O)CN(c1cccc(Cl)c1C)S(C)(=O)=O. The molecule has 2 aromatic carbocycles. The van der Waals surface area contributed by atoms with Gasteiger partial charge in [-0.25, -0.2) is 8.42 Å². The highest BCUT2D eigenvalue weighted by Crippen LogP contribution is 2.28. The van der Waals surface area contributed by atoms with Crippen molar-refractivity contribution in [2.45, 2.75) is 39.8 Å². The van der Waals surface area contributed by atoms with Crippen LogP contribution in [0.2, 0.25) is 5.02 Å². The van der Waals surface area contributed by atoms with Gasteiger partial charge in [0.15, 0.2) is 0 Å². The summed E-state index contributed by atoms with van der Waals surface area (Å²) < 4.78 is 31.5. The lowest BCUT2D eigenvalue weighted by Gasteiger charge is -2.32. The second kappa shape index (κ2) is 12.1. The van der Waals surface area contributed by atoms with Gasteiger partial charge in [0.05, 0.1) is 19.1 Å². The van der Waals surface area contributed by atoms with Crippen molar-refractivity contribution in [2.75, 3.05) is 30.8 Å². The van der Waals surface area contributed by atoms with Gasteiger partial charge < -0.3 is 15.0 Å². The van der Waals surface area contributed by atoms with Crippen LogP contribution in [0.25, 0.3) is 0 Å². The largest absolute Gasteiger partial charge is 0.497 e. The monoisotopic (exact) mass is 509 g/mol. The molecule has 10 heteroatoms. The molecule has 0 saturated heterocycles. The van der Waals surface area contributed by atoms with Gasteiger partial charge in [0.25, 0.3) is 0 Å². The highest BCUT2D eigenvalue weighted by molar-refractivity contribution is 7.92. The summed E-state index contributed by atoms with van der Waals surface area (Å²) in [5, 5.41) is 3.19. The van der Waals surface area contributed by atoms with E-state index in [1.54, 1.807) is 63.4 Å². The molecular formula is C24H32ClN3O5S. The molecule has 186 valence electrons. The highest BCUT2D eigenvalue weighted by atomic mass is 35.5. The maximum absolute atomic E-state index is 13.5. The van der Waals surface area contributed by atoms with Crippen LogP contribution in [-0.2, 0) is 26.2 Å². The van der Waals surface area contributed by atoms with Gasteiger partial charge >= 0.3 is 0 Å². The summed E-state index contributed by atoms with van der Waals surface area (Å²) in [4.78, 5) is 27.6. The van der Waals surface area contributed by atoms with Crippen molar-refractivity contribution < 1.29 is 22.7 Å². The fraction of sp³-hybridized carbons (Fsp3) is 0.417. The standard InChI is InChI=1S/C24H32ClN3O5S/c1-6-14-26-24(30)18(3)27(15-19-10-12-20(33-4)13-11-19)23(29)16-28(34(5,31)32)22-9-7-8-21(25)17(22)2/h7-13,18H,6,14-16H2,1-5H3,(H,26,30)/t18-/m0/s1. The third-order valence-corrected chi connectivity index (χ3v) is 6.95. The molecule has 0 aliphatic rings. The molecule has 0 heterocycles. The minimum atomic E-state index is -3.82. The van der Waals surface area contributed by atoms with E-state index in [1.165, 1.54) is 4.90 Å². The smallest absolute Gasteiger partial charge is 0.244 e. The molecule has 8 nitrogen and oxygen atoms in total. The molecule has 2 amide bonds. The summed E-state index contributed by atoms with van der Waals surface area (Å²) in [6, 6.07) is 11.2. The molecule has 0 saturated carbocycles. The number of anilines is 1. The van der Waals surface area contributed by atoms with E-state index in [4.69, 9.17) is 16.3 Å². The number of nitrogens with one attached hydrogen (secondary N) is 1. The second-order valence-electron chi connectivity index (χ2n) is 7.99. The summed E-state index contributed by atoms with van der Waals surface area (Å²) in [7, 11) is -2.26. The Labute approximate surface area is 206 Å². The maximum atomic E-state index is 13.5. The van der Waals surface area contributed by atoms with Crippen LogP contribution in [0.1, 0.15) is 31.4 Å². The number of sulfonamides is 1. The molecule has 1 N–H and O–H groups in total. The van der Waals surface area contributed by atoms with Crippen molar-refractivity contribution in [1.29, 1.82) is 0 Å². The van der Waals surface area contributed by atoms with E-state index in [9.17, 15) is 18.0 Å². The Hall–Kier alpha value is -2.78. The van der Waals surface area contributed by atoms with Crippen LogP contribution in [0, 0.1) is 6.92 Å². The van der Waals surface area contributed by atoms with Gasteiger partial charge in [0.1, 0.15) is 18.3 Å². The van der Waals surface area contributed by atoms with Crippen LogP contribution in [0.4, 0.5) is 5.69 Å². The molecule has 2 aromatic rings. The van der Waals surface area contributed by atoms with E-state index in [2.05, 4.69) is 5.32 Å². The van der Waals surface area contributed by atoms with E-state index in [-0.39, 0.29) is 12.5 Å². The first-order valence-electron chi connectivity index (χ1n) is 10.9. The minimum Gasteiger partial charge on any atom is -0.497 e. The van der Waals surface area contributed by atoms with Crippen molar-refractivity contribution >= 4 is 39.1 Å². The van der Waals surface area contributed by atoms with Gasteiger partial charge in [-0.2, -0.15) is 0 Å². The molecule has 0 radical (unpaired) electrons. The number of rotatable bonds is 11. The molecule has 0 bridgehead atoms. The van der Waals surface area contributed by atoms with Crippen molar-refractivity contribution in [2.24, 2.45) is 0 Å². The summed E-state index contributed by atoms with van der Waals surface area (Å²) in [6.07, 6.45) is 1.78. The van der Waals surface area contributed by atoms with Crippen molar-refractivity contribution in [3.05, 3.63) is 58.6 Å². The number of hydrogen-bond donors (Lipinski definition) is 1. The van der Waals surface area contributed by atoms with Crippen LogP contribution in [0.5, 0.6) is 5.75 Å². The number of carbonyl (C=O) groups is 2. The zero-order valence-corrected chi connectivity index (χ0v) is 21.7. The molecule has 0 aliphatic heterocycles. The molecule has 0 aromatic heterocycles. The number of amides is 2. The average molecular weight is 510 g/mol. The molecule has 1 atom stereocenters. The maximum Gasteiger partial charge on any atom is 0.244 e. The lowest BCUT2D eigenvalue weighted by molar-refractivity contribution is -0.139. The number of ether oxygens (including phenoxy) is 1. The van der Waals surface area contributed by atoms with Crippen LogP contribution in [0.3, 0.4) is 0 Å². The predicted octanol–water partition coefficient (Wildman–Crippen LogP) is 3.37. The van der Waals surface area contributed by atoms with E-state index in [1.807, 2.05) is 6.92 Å². The molecular weight excluding hydrogens is 478 g/mol. The Bertz CT molecular complexity index is 1110. The first kappa shape index (κ1) is 27.5. The van der Waals surface area contributed by atoms with Gasteiger partial charge in [-0.15, -0.1) is 0 Å². The molecule has 0 aliphatic carbocycles. The van der Waals surface area contributed by atoms with Gasteiger partial charge in [-0.05, 0) is 55.7 Å². The summed E-state index contributed by atoms with van der Waals surface area (Å²) in [5.74, 6) is -0.164. The predicted molar refractivity (Wildman–Crippen MR) is 135 cm³/mol. The average Bonchev–Trinajstić information content (AvgIpc) is 2.80. The van der Waals surface area contributed by atoms with E-state index in [0.717, 1.165) is 22.5 Å². The van der Waals surface area contributed by atoms with E-state index >= 15 is 0 Å². The quantitative estimate of drug-likeness (QED) is 0.501. The van der Waals surface area contributed by atoms with Crippen LogP contribution in [-0.4, -0.2) is 57.6 Å². The number of benzene rings is 2. The Morgan fingerprint density at radius 1 is 1.15 bits per heavy atom. The van der Waals surface area contributed by atoms with Gasteiger partial charge in [0.2, 0.25) is 21.8 Å². The highest BCUT2D eigenvalue weighted by Gasteiger charge is 2.30. The Kier molecular flexibility index (Phi) is 9.76. The topological polar surface area (TPSA) is 96.0 Å².